The van der Waals surface area contributed by atoms with Gasteiger partial charge in [0.05, 0.1) is 7.11 Å². The van der Waals surface area contributed by atoms with Gasteiger partial charge in [-0.25, -0.2) is 4.57 Å². The van der Waals surface area contributed by atoms with E-state index in [4.69, 9.17) is 18.3 Å². The molecule has 0 bridgehead atoms. The van der Waals surface area contributed by atoms with Crippen molar-refractivity contribution in [3.05, 3.63) is 23.8 Å². The lowest BCUT2D eigenvalue weighted by Gasteiger charge is -2.23. The third kappa shape index (κ3) is 3.96. The van der Waals surface area contributed by atoms with Crippen molar-refractivity contribution >= 4 is 7.82 Å². The number of rotatable bonds is 5. The normalized spacial score (nSPS) is 12.3. The van der Waals surface area contributed by atoms with Crippen molar-refractivity contribution in [3.63, 3.8) is 0 Å². The fraction of sp³-hybridized carbons (Fsp3) is 0.538. The molecule has 0 aliphatic heterocycles. The third-order valence-electron chi connectivity index (χ3n) is 2.64. The van der Waals surface area contributed by atoms with Crippen LogP contribution in [0.25, 0.3) is 0 Å². The van der Waals surface area contributed by atoms with Gasteiger partial charge in [-0.15, -0.1) is 0 Å². The first kappa shape index (κ1) is 16.0. The summed E-state index contributed by atoms with van der Waals surface area (Å²) in [5.41, 5.74) is 0.820. The van der Waals surface area contributed by atoms with E-state index in [0.717, 1.165) is 11.3 Å². The molecular formula is C13H21O5P. The first-order valence-corrected chi connectivity index (χ1v) is 7.31. The summed E-state index contributed by atoms with van der Waals surface area (Å²) in [5, 5.41) is 0. The molecule has 0 fully saturated rings. The van der Waals surface area contributed by atoms with E-state index >= 15 is 0 Å². The van der Waals surface area contributed by atoms with Crippen LogP contribution in [0.15, 0.2) is 18.2 Å². The molecule has 0 saturated heterocycles. The molecule has 1 aromatic rings. The van der Waals surface area contributed by atoms with Crippen molar-refractivity contribution < 1.29 is 22.9 Å². The Morgan fingerprint density at radius 3 is 2.05 bits per heavy atom. The topological polar surface area (TPSA) is 54.0 Å². The Morgan fingerprint density at radius 2 is 1.63 bits per heavy atom. The lowest BCUT2D eigenvalue weighted by molar-refractivity contribution is 0.211. The second kappa shape index (κ2) is 5.95. The van der Waals surface area contributed by atoms with Crippen LogP contribution in [0.2, 0.25) is 0 Å². The highest BCUT2D eigenvalue weighted by Gasteiger charge is 2.26. The molecule has 6 heteroatoms. The molecule has 5 nitrogen and oxygen atoms in total. The summed E-state index contributed by atoms with van der Waals surface area (Å²) in [6.07, 6.45) is 0. The highest BCUT2D eigenvalue weighted by molar-refractivity contribution is 7.48. The second-order valence-corrected chi connectivity index (χ2v) is 6.82. The van der Waals surface area contributed by atoms with E-state index in [0.29, 0.717) is 5.75 Å². The van der Waals surface area contributed by atoms with E-state index in [-0.39, 0.29) is 5.41 Å². The molecule has 0 aromatic heterocycles. The molecule has 19 heavy (non-hydrogen) atoms. The highest BCUT2D eigenvalue weighted by atomic mass is 31.2. The summed E-state index contributed by atoms with van der Waals surface area (Å²) < 4.78 is 32.1. The van der Waals surface area contributed by atoms with Gasteiger partial charge in [-0.1, -0.05) is 20.8 Å². The molecule has 0 radical (unpaired) electrons. The lowest BCUT2D eigenvalue weighted by Crippen LogP contribution is -2.13. The number of hydrogen-bond acceptors (Lipinski definition) is 5. The number of hydrogen-bond donors (Lipinski definition) is 0. The van der Waals surface area contributed by atoms with Crippen molar-refractivity contribution in [3.8, 4) is 11.5 Å². The van der Waals surface area contributed by atoms with Gasteiger partial charge < -0.3 is 9.26 Å². The molecule has 0 aliphatic rings. The van der Waals surface area contributed by atoms with Gasteiger partial charge in [0.15, 0.2) is 0 Å². The number of methoxy groups -OCH3 is 1. The Balaban J connectivity index is 3.16. The lowest BCUT2D eigenvalue weighted by atomic mass is 9.86. The predicted molar refractivity (Wildman–Crippen MR) is 73.9 cm³/mol. The van der Waals surface area contributed by atoms with Crippen molar-refractivity contribution in [2.24, 2.45) is 0 Å². The molecule has 0 spiro atoms. The smallest absolute Gasteiger partial charge is 0.496 e. The quantitative estimate of drug-likeness (QED) is 0.772. The molecule has 108 valence electrons. The van der Waals surface area contributed by atoms with E-state index in [2.05, 4.69) is 20.8 Å². The van der Waals surface area contributed by atoms with Gasteiger partial charge in [0.1, 0.15) is 11.5 Å². The van der Waals surface area contributed by atoms with E-state index in [1.165, 1.54) is 14.2 Å². The van der Waals surface area contributed by atoms with Gasteiger partial charge >= 0.3 is 7.82 Å². The van der Waals surface area contributed by atoms with Crippen LogP contribution in [0.3, 0.4) is 0 Å². The van der Waals surface area contributed by atoms with E-state index < -0.39 is 7.82 Å². The minimum atomic E-state index is -3.54. The van der Waals surface area contributed by atoms with E-state index in [9.17, 15) is 4.57 Å². The van der Waals surface area contributed by atoms with Gasteiger partial charge in [0, 0.05) is 19.8 Å². The van der Waals surface area contributed by atoms with Crippen molar-refractivity contribution in [1.82, 2.24) is 0 Å². The third-order valence-corrected chi connectivity index (χ3v) is 3.97. The number of phosphoric acid groups is 1. The average Bonchev–Trinajstić information content (AvgIpc) is 2.37. The second-order valence-electron chi connectivity index (χ2n) is 5.02. The standard InChI is InChI=1S/C13H21O5P/c1-13(2,3)11-9-10(7-8-12(11)15-4)18-19(14,16-5)17-6/h7-9H,1-6H3. The van der Waals surface area contributed by atoms with Crippen LogP contribution in [-0.2, 0) is 19.0 Å². The highest BCUT2D eigenvalue weighted by Crippen LogP contribution is 2.48. The monoisotopic (exact) mass is 288 g/mol. The Hall–Kier alpha value is -1.03. The summed E-state index contributed by atoms with van der Waals surface area (Å²) >= 11 is 0. The van der Waals surface area contributed by atoms with Crippen LogP contribution in [-0.4, -0.2) is 21.3 Å². The zero-order chi connectivity index (χ0) is 14.7. The summed E-state index contributed by atoms with van der Waals surface area (Å²) in [6, 6.07) is 5.22. The van der Waals surface area contributed by atoms with Gasteiger partial charge in [0.25, 0.3) is 0 Å². The molecule has 1 rings (SSSR count). The molecule has 0 N–H and O–H groups in total. The summed E-state index contributed by atoms with van der Waals surface area (Å²) in [5.74, 6) is 1.17. The van der Waals surface area contributed by atoms with Crippen LogP contribution in [0.5, 0.6) is 11.5 Å². The predicted octanol–water partition coefficient (Wildman–Crippen LogP) is 3.77. The average molecular weight is 288 g/mol. The van der Waals surface area contributed by atoms with Gasteiger partial charge in [-0.05, 0) is 23.6 Å². The Kier molecular flexibility index (Phi) is 5.02. The van der Waals surface area contributed by atoms with Crippen LogP contribution in [0, 0.1) is 0 Å². The zero-order valence-corrected chi connectivity index (χ0v) is 13.1. The van der Waals surface area contributed by atoms with Crippen LogP contribution < -0.4 is 9.26 Å². The van der Waals surface area contributed by atoms with Gasteiger partial charge in [0.2, 0.25) is 0 Å². The van der Waals surface area contributed by atoms with Crippen LogP contribution in [0.4, 0.5) is 0 Å². The maximum atomic E-state index is 11.9. The molecule has 0 heterocycles. The summed E-state index contributed by atoms with van der Waals surface area (Å²) in [6.45, 7) is 6.17. The molecule has 0 amide bonds. The maximum absolute atomic E-state index is 11.9. The molecule has 0 saturated carbocycles. The molecule has 0 atom stereocenters. The number of benzene rings is 1. The van der Waals surface area contributed by atoms with Crippen molar-refractivity contribution in [2.75, 3.05) is 21.3 Å². The van der Waals surface area contributed by atoms with E-state index in [1.54, 1.807) is 25.3 Å². The Labute approximate surface area is 114 Å². The SMILES string of the molecule is COc1ccc(OP(=O)(OC)OC)cc1C(C)(C)C. The summed E-state index contributed by atoms with van der Waals surface area (Å²) in [4.78, 5) is 0. The van der Waals surface area contributed by atoms with Crippen molar-refractivity contribution in [2.45, 2.75) is 26.2 Å². The molecule has 0 unspecified atom stereocenters. The number of phosphoric ester groups is 1. The van der Waals surface area contributed by atoms with Crippen LogP contribution >= 0.6 is 7.82 Å². The minimum absolute atomic E-state index is 0.130. The van der Waals surface area contributed by atoms with E-state index in [1.807, 2.05) is 0 Å². The molecule has 0 aliphatic carbocycles. The van der Waals surface area contributed by atoms with Gasteiger partial charge in [-0.3, -0.25) is 9.05 Å². The fourth-order valence-electron chi connectivity index (χ4n) is 1.61. The largest absolute Gasteiger partial charge is 0.529 e. The minimum Gasteiger partial charge on any atom is -0.496 e. The Morgan fingerprint density at radius 1 is 1.05 bits per heavy atom. The fourth-order valence-corrected chi connectivity index (χ4v) is 2.28. The Bertz CT molecular complexity index is 470. The maximum Gasteiger partial charge on any atom is 0.529 e. The van der Waals surface area contributed by atoms with Crippen molar-refractivity contribution in [1.29, 1.82) is 0 Å². The molecular weight excluding hydrogens is 267 g/mol. The first-order valence-electron chi connectivity index (χ1n) is 5.85. The number of ether oxygens (including phenoxy) is 1. The zero-order valence-electron chi connectivity index (χ0n) is 12.2. The molecule has 1 aromatic carbocycles. The summed E-state index contributed by atoms with van der Waals surface area (Å²) in [7, 11) is 0.624. The van der Waals surface area contributed by atoms with Gasteiger partial charge in [-0.2, -0.15) is 0 Å². The first-order chi connectivity index (χ1) is 8.75. The van der Waals surface area contributed by atoms with Crippen LogP contribution in [0.1, 0.15) is 26.3 Å².